The lowest BCUT2D eigenvalue weighted by molar-refractivity contribution is -0.142. The van der Waals surface area contributed by atoms with Crippen LogP contribution in [0.4, 0.5) is 4.79 Å². The Bertz CT molecular complexity index is 490. The minimum Gasteiger partial charge on any atom is -0.480 e. The van der Waals surface area contributed by atoms with Crippen LogP contribution in [-0.4, -0.2) is 51.9 Å². The molecule has 0 aromatic carbocycles. The largest absolute Gasteiger partial charge is 0.480 e. The SMILES string of the molecule is C=CCC(NC(=O)CN1C(=O)NC(C)(CC)C1=O)C(=O)O. The monoisotopic (exact) mass is 297 g/mol. The highest BCUT2D eigenvalue weighted by Crippen LogP contribution is 2.20. The predicted octanol–water partition coefficient (Wildman–Crippen LogP) is -0.148. The molecule has 8 heteroatoms. The molecule has 0 bridgehead atoms. The zero-order chi connectivity index (χ0) is 16.2. The second-order valence-electron chi connectivity index (χ2n) is 4.99. The van der Waals surface area contributed by atoms with Crippen molar-refractivity contribution in [3.8, 4) is 0 Å². The maximum Gasteiger partial charge on any atom is 0.326 e. The van der Waals surface area contributed by atoms with Gasteiger partial charge in [-0.05, 0) is 19.8 Å². The average molecular weight is 297 g/mol. The first-order valence-corrected chi connectivity index (χ1v) is 6.52. The van der Waals surface area contributed by atoms with Crippen LogP contribution in [0.15, 0.2) is 12.7 Å². The summed E-state index contributed by atoms with van der Waals surface area (Å²) in [6.07, 6.45) is 1.80. The molecule has 1 aliphatic heterocycles. The van der Waals surface area contributed by atoms with Crippen LogP contribution in [0.1, 0.15) is 26.7 Å². The first-order valence-electron chi connectivity index (χ1n) is 6.52. The van der Waals surface area contributed by atoms with E-state index in [0.29, 0.717) is 6.42 Å². The highest BCUT2D eigenvalue weighted by atomic mass is 16.4. The van der Waals surface area contributed by atoms with Gasteiger partial charge in [-0.2, -0.15) is 0 Å². The van der Waals surface area contributed by atoms with Gasteiger partial charge in [0.1, 0.15) is 18.1 Å². The van der Waals surface area contributed by atoms with Gasteiger partial charge in [-0.1, -0.05) is 13.0 Å². The Balaban J connectivity index is 2.71. The lowest BCUT2D eigenvalue weighted by atomic mass is 9.99. The zero-order valence-electron chi connectivity index (χ0n) is 12.0. The Morgan fingerprint density at radius 1 is 1.52 bits per heavy atom. The summed E-state index contributed by atoms with van der Waals surface area (Å²) in [5.74, 6) is -2.42. The molecule has 2 atom stereocenters. The number of hydrogen-bond donors (Lipinski definition) is 3. The number of carbonyl (C=O) groups excluding carboxylic acids is 3. The van der Waals surface area contributed by atoms with E-state index in [-0.39, 0.29) is 6.42 Å². The molecule has 0 radical (unpaired) electrons. The van der Waals surface area contributed by atoms with Crippen LogP contribution < -0.4 is 10.6 Å². The molecule has 2 unspecified atom stereocenters. The zero-order valence-corrected chi connectivity index (χ0v) is 12.0. The van der Waals surface area contributed by atoms with Gasteiger partial charge < -0.3 is 15.7 Å². The van der Waals surface area contributed by atoms with Crippen LogP contribution in [-0.2, 0) is 14.4 Å². The first kappa shape index (κ1) is 16.7. The van der Waals surface area contributed by atoms with Gasteiger partial charge in [0.15, 0.2) is 0 Å². The molecule has 0 aromatic heterocycles. The summed E-state index contributed by atoms with van der Waals surface area (Å²) >= 11 is 0. The molecule has 8 nitrogen and oxygen atoms in total. The number of urea groups is 1. The van der Waals surface area contributed by atoms with Crippen molar-refractivity contribution in [1.29, 1.82) is 0 Å². The smallest absolute Gasteiger partial charge is 0.326 e. The Hall–Kier alpha value is -2.38. The van der Waals surface area contributed by atoms with Gasteiger partial charge in [0, 0.05) is 0 Å². The number of rotatable bonds is 7. The Morgan fingerprint density at radius 3 is 2.57 bits per heavy atom. The number of amides is 4. The molecule has 116 valence electrons. The van der Waals surface area contributed by atoms with Crippen molar-refractivity contribution in [3.05, 3.63) is 12.7 Å². The fraction of sp³-hybridized carbons (Fsp3) is 0.538. The molecular formula is C13H19N3O5. The lowest BCUT2D eigenvalue weighted by Crippen LogP contribution is -2.47. The second-order valence-corrected chi connectivity index (χ2v) is 4.99. The summed E-state index contributed by atoms with van der Waals surface area (Å²) in [5, 5.41) is 13.7. The van der Waals surface area contributed by atoms with Crippen molar-refractivity contribution in [1.82, 2.24) is 15.5 Å². The molecule has 3 N–H and O–H groups in total. The molecular weight excluding hydrogens is 278 g/mol. The van der Waals surface area contributed by atoms with E-state index in [1.54, 1.807) is 13.8 Å². The minimum absolute atomic E-state index is 0.0495. The lowest BCUT2D eigenvalue weighted by Gasteiger charge is -2.19. The average Bonchev–Trinajstić information content (AvgIpc) is 2.62. The van der Waals surface area contributed by atoms with Crippen molar-refractivity contribution >= 4 is 23.8 Å². The molecule has 21 heavy (non-hydrogen) atoms. The molecule has 1 fully saturated rings. The van der Waals surface area contributed by atoms with Crippen LogP contribution in [0, 0.1) is 0 Å². The number of imide groups is 1. The maximum absolute atomic E-state index is 12.1. The highest BCUT2D eigenvalue weighted by molar-refractivity contribution is 6.08. The summed E-state index contributed by atoms with van der Waals surface area (Å²) in [6.45, 7) is 6.21. The van der Waals surface area contributed by atoms with E-state index >= 15 is 0 Å². The maximum atomic E-state index is 12.1. The number of nitrogens with one attached hydrogen (secondary N) is 2. The topological polar surface area (TPSA) is 116 Å². The predicted molar refractivity (Wildman–Crippen MR) is 73.3 cm³/mol. The third kappa shape index (κ3) is 3.59. The van der Waals surface area contributed by atoms with E-state index in [0.717, 1.165) is 4.90 Å². The van der Waals surface area contributed by atoms with Crippen LogP contribution >= 0.6 is 0 Å². The molecule has 1 saturated heterocycles. The molecule has 0 saturated carbocycles. The molecule has 1 heterocycles. The highest BCUT2D eigenvalue weighted by Gasteiger charge is 2.47. The fourth-order valence-corrected chi connectivity index (χ4v) is 1.90. The summed E-state index contributed by atoms with van der Waals surface area (Å²) in [6, 6.07) is -1.79. The van der Waals surface area contributed by atoms with Crippen LogP contribution in [0.5, 0.6) is 0 Å². The summed E-state index contributed by atoms with van der Waals surface area (Å²) < 4.78 is 0. The van der Waals surface area contributed by atoms with E-state index < -0.39 is 41.9 Å². The van der Waals surface area contributed by atoms with Crippen molar-refractivity contribution in [2.45, 2.75) is 38.3 Å². The van der Waals surface area contributed by atoms with Crippen LogP contribution in [0.2, 0.25) is 0 Å². The van der Waals surface area contributed by atoms with Crippen molar-refractivity contribution in [2.75, 3.05) is 6.54 Å². The van der Waals surface area contributed by atoms with E-state index in [1.807, 2.05) is 0 Å². The number of carboxylic acid groups (broad SMARTS) is 1. The molecule has 1 rings (SSSR count). The standard InChI is InChI=1S/C13H19N3O5/c1-4-6-8(10(18)19)14-9(17)7-16-11(20)13(3,5-2)15-12(16)21/h4,8H,1,5-7H2,2-3H3,(H,14,17)(H,15,21)(H,18,19). The van der Waals surface area contributed by atoms with Crippen molar-refractivity contribution in [3.63, 3.8) is 0 Å². The molecule has 0 aromatic rings. The molecule has 0 spiro atoms. The Labute approximate surface area is 122 Å². The Morgan fingerprint density at radius 2 is 2.14 bits per heavy atom. The summed E-state index contributed by atoms with van der Waals surface area (Å²) in [7, 11) is 0. The minimum atomic E-state index is -1.21. The third-order valence-electron chi connectivity index (χ3n) is 3.39. The second kappa shape index (κ2) is 6.38. The van der Waals surface area contributed by atoms with Gasteiger partial charge >= 0.3 is 12.0 Å². The third-order valence-corrected chi connectivity index (χ3v) is 3.39. The number of nitrogens with zero attached hydrogens (tertiary/aromatic N) is 1. The van der Waals surface area contributed by atoms with E-state index in [9.17, 15) is 19.2 Å². The first-order chi connectivity index (χ1) is 9.75. The number of carboxylic acids is 1. The molecule has 4 amide bonds. The summed E-state index contributed by atoms with van der Waals surface area (Å²) in [4.78, 5) is 47.3. The normalized spacial score (nSPS) is 22.7. The van der Waals surface area contributed by atoms with Gasteiger partial charge in [-0.15, -0.1) is 6.58 Å². The van der Waals surface area contributed by atoms with E-state index in [1.165, 1.54) is 6.08 Å². The van der Waals surface area contributed by atoms with Gasteiger partial charge in [0.05, 0.1) is 0 Å². The van der Waals surface area contributed by atoms with Crippen LogP contribution in [0.25, 0.3) is 0 Å². The number of carbonyl (C=O) groups is 4. The quantitative estimate of drug-likeness (QED) is 0.446. The Kier molecular flexibility index (Phi) is 5.07. The number of hydrogen-bond acceptors (Lipinski definition) is 4. The van der Waals surface area contributed by atoms with Crippen LogP contribution in [0.3, 0.4) is 0 Å². The van der Waals surface area contributed by atoms with Crippen molar-refractivity contribution in [2.24, 2.45) is 0 Å². The fourth-order valence-electron chi connectivity index (χ4n) is 1.90. The molecule has 0 aliphatic carbocycles. The van der Waals surface area contributed by atoms with Gasteiger partial charge in [0.2, 0.25) is 5.91 Å². The molecule has 1 aliphatic rings. The van der Waals surface area contributed by atoms with Gasteiger partial charge in [-0.3, -0.25) is 14.5 Å². The van der Waals surface area contributed by atoms with Crippen molar-refractivity contribution < 1.29 is 24.3 Å². The van der Waals surface area contributed by atoms with E-state index in [2.05, 4.69) is 17.2 Å². The van der Waals surface area contributed by atoms with Gasteiger partial charge in [-0.25, -0.2) is 9.59 Å². The number of aliphatic carboxylic acids is 1. The van der Waals surface area contributed by atoms with E-state index in [4.69, 9.17) is 5.11 Å². The summed E-state index contributed by atoms with van der Waals surface area (Å²) in [5.41, 5.74) is -1.02. The van der Waals surface area contributed by atoms with Gasteiger partial charge in [0.25, 0.3) is 5.91 Å².